The van der Waals surface area contributed by atoms with E-state index in [4.69, 9.17) is 4.74 Å². The second-order valence-electron chi connectivity index (χ2n) is 3.62. The van der Waals surface area contributed by atoms with Crippen LogP contribution in [0.1, 0.15) is 6.92 Å². The minimum Gasteiger partial charge on any atom is -0.468 e. The van der Waals surface area contributed by atoms with E-state index in [2.05, 4.69) is 10.1 Å². The number of nitrogens with zero attached hydrogens (tertiary/aromatic N) is 1. The van der Waals surface area contributed by atoms with Crippen LogP contribution in [0, 0.1) is 0 Å². The fourth-order valence-electron chi connectivity index (χ4n) is 1.43. The van der Waals surface area contributed by atoms with Gasteiger partial charge >= 0.3 is 5.97 Å². The Morgan fingerprint density at radius 2 is 2.06 bits per heavy atom. The molecule has 1 rings (SSSR count). The van der Waals surface area contributed by atoms with Gasteiger partial charge < -0.3 is 14.4 Å². The van der Waals surface area contributed by atoms with Crippen LogP contribution < -0.4 is 5.32 Å². The molecule has 1 unspecified atom stereocenters. The monoisotopic (exact) mass is 230 g/mol. The molecule has 0 saturated carbocycles. The number of esters is 1. The second kappa shape index (κ2) is 6.44. The average molecular weight is 230 g/mol. The fourth-order valence-corrected chi connectivity index (χ4v) is 1.43. The van der Waals surface area contributed by atoms with E-state index in [0.717, 1.165) is 0 Å². The summed E-state index contributed by atoms with van der Waals surface area (Å²) in [5.41, 5.74) is 0. The largest absolute Gasteiger partial charge is 0.468 e. The zero-order valence-corrected chi connectivity index (χ0v) is 9.69. The topological polar surface area (TPSA) is 67.9 Å². The van der Waals surface area contributed by atoms with Crippen LogP contribution in [0.2, 0.25) is 0 Å². The van der Waals surface area contributed by atoms with Gasteiger partial charge in [-0.25, -0.2) is 0 Å². The van der Waals surface area contributed by atoms with Crippen molar-refractivity contribution in [3.8, 4) is 0 Å². The van der Waals surface area contributed by atoms with Gasteiger partial charge in [0.1, 0.15) is 6.04 Å². The molecule has 6 nitrogen and oxygen atoms in total. The normalized spacial score (nSPS) is 18.0. The molecule has 16 heavy (non-hydrogen) atoms. The summed E-state index contributed by atoms with van der Waals surface area (Å²) in [6.07, 6.45) is 0. The van der Waals surface area contributed by atoms with Crippen LogP contribution >= 0.6 is 0 Å². The van der Waals surface area contributed by atoms with Gasteiger partial charge in [0.05, 0.1) is 26.9 Å². The third-order valence-corrected chi connectivity index (χ3v) is 2.48. The van der Waals surface area contributed by atoms with Crippen molar-refractivity contribution in [2.45, 2.75) is 13.0 Å². The van der Waals surface area contributed by atoms with Gasteiger partial charge in [-0.3, -0.25) is 14.9 Å². The Kier molecular flexibility index (Phi) is 5.21. The molecule has 1 fully saturated rings. The summed E-state index contributed by atoms with van der Waals surface area (Å²) in [5.74, 6) is -0.381. The highest BCUT2D eigenvalue weighted by atomic mass is 16.5. The molecule has 0 aromatic heterocycles. The highest BCUT2D eigenvalue weighted by Gasteiger charge is 2.19. The van der Waals surface area contributed by atoms with E-state index in [1.165, 1.54) is 7.11 Å². The molecule has 0 radical (unpaired) electrons. The smallest absolute Gasteiger partial charge is 0.322 e. The van der Waals surface area contributed by atoms with Gasteiger partial charge in [0.25, 0.3) is 0 Å². The molecule has 1 N–H and O–H groups in total. The Bertz CT molecular complexity index is 251. The summed E-state index contributed by atoms with van der Waals surface area (Å²) in [7, 11) is 1.32. The van der Waals surface area contributed by atoms with E-state index < -0.39 is 6.04 Å². The van der Waals surface area contributed by atoms with Gasteiger partial charge in [0, 0.05) is 13.1 Å². The SMILES string of the molecule is COC(=O)C(C)NCC(=O)N1CCOCC1. The first-order valence-corrected chi connectivity index (χ1v) is 5.32. The number of carbonyl (C=O) groups is 2. The summed E-state index contributed by atoms with van der Waals surface area (Å²) in [6, 6.07) is -0.463. The van der Waals surface area contributed by atoms with Crippen molar-refractivity contribution in [2.75, 3.05) is 40.0 Å². The first-order chi connectivity index (χ1) is 7.65. The number of hydrogen-bond donors (Lipinski definition) is 1. The number of morpholine rings is 1. The van der Waals surface area contributed by atoms with Crippen LogP contribution in [0.5, 0.6) is 0 Å². The molecule has 1 heterocycles. The molecule has 1 amide bonds. The van der Waals surface area contributed by atoms with Crippen molar-refractivity contribution < 1.29 is 19.1 Å². The zero-order chi connectivity index (χ0) is 12.0. The van der Waals surface area contributed by atoms with Crippen molar-refractivity contribution >= 4 is 11.9 Å². The maximum Gasteiger partial charge on any atom is 0.322 e. The van der Waals surface area contributed by atoms with E-state index in [9.17, 15) is 9.59 Å². The van der Waals surface area contributed by atoms with Crippen molar-refractivity contribution in [1.29, 1.82) is 0 Å². The highest BCUT2D eigenvalue weighted by Crippen LogP contribution is 1.97. The molecule has 1 atom stereocenters. The second-order valence-corrected chi connectivity index (χ2v) is 3.62. The zero-order valence-electron chi connectivity index (χ0n) is 9.69. The average Bonchev–Trinajstić information content (AvgIpc) is 2.35. The third kappa shape index (κ3) is 3.79. The molecule has 0 bridgehead atoms. The number of hydrogen-bond acceptors (Lipinski definition) is 5. The highest BCUT2D eigenvalue weighted by molar-refractivity contribution is 5.80. The lowest BCUT2D eigenvalue weighted by molar-refractivity contribution is -0.143. The van der Waals surface area contributed by atoms with Crippen molar-refractivity contribution in [3.63, 3.8) is 0 Å². The minimum atomic E-state index is -0.463. The van der Waals surface area contributed by atoms with Crippen molar-refractivity contribution in [2.24, 2.45) is 0 Å². The Balaban J connectivity index is 2.26. The molecule has 6 heteroatoms. The Labute approximate surface area is 94.9 Å². The molecule has 0 aromatic carbocycles. The Morgan fingerprint density at radius 3 is 2.62 bits per heavy atom. The van der Waals surface area contributed by atoms with E-state index in [1.54, 1.807) is 11.8 Å². The Morgan fingerprint density at radius 1 is 1.44 bits per heavy atom. The predicted molar refractivity (Wildman–Crippen MR) is 56.9 cm³/mol. The number of methoxy groups -OCH3 is 1. The van der Waals surface area contributed by atoms with Gasteiger partial charge in [-0.1, -0.05) is 0 Å². The number of rotatable bonds is 4. The molecule has 0 aliphatic carbocycles. The van der Waals surface area contributed by atoms with Crippen LogP contribution in [0.25, 0.3) is 0 Å². The van der Waals surface area contributed by atoms with Crippen LogP contribution in [-0.2, 0) is 19.1 Å². The number of carbonyl (C=O) groups excluding carboxylic acids is 2. The lowest BCUT2D eigenvalue weighted by atomic mass is 10.3. The lowest BCUT2D eigenvalue weighted by Gasteiger charge is -2.27. The van der Waals surface area contributed by atoms with Gasteiger partial charge in [-0.15, -0.1) is 0 Å². The van der Waals surface area contributed by atoms with Crippen LogP contribution in [-0.4, -0.2) is 62.8 Å². The fraction of sp³-hybridized carbons (Fsp3) is 0.800. The quantitative estimate of drug-likeness (QED) is 0.627. The van der Waals surface area contributed by atoms with Gasteiger partial charge in [0.15, 0.2) is 0 Å². The van der Waals surface area contributed by atoms with Crippen molar-refractivity contribution in [3.05, 3.63) is 0 Å². The molecule has 0 spiro atoms. The lowest BCUT2D eigenvalue weighted by Crippen LogP contribution is -2.47. The summed E-state index contributed by atoms with van der Waals surface area (Å²) < 4.78 is 9.69. The molecule has 1 saturated heterocycles. The van der Waals surface area contributed by atoms with Gasteiger partial charge in [-0.2, -0.15) is 0 Å². The minimum absolute atomic E-state index is 0.0148. The molecular weight excluding hydrogens is 212 g/mol. The first kappa shape index (κ1) is 12.9. The van der Waals surface area contributed by atoms with Crippen molar-refractivity contribution in [1.82, 2.24) is 10.2 Å². The predicted octanol–water partition coefficient (Wildman–Crippen LogP) is -1.00. The van der Waals surface area contributed by atoms with Crippen LogP contribution in [0.15, 0.2) is 0 Å². The van der Waals surface area contributed by atoms with E-state index in [0.29, 0.717) is 26.3 Å². The molecule has 92 valence electrons. The number of amides is 1. The Hall–Kier alpha value is -1.14. The third-order valence-electron chi connectivity index (χ3n) is 2.48. The van der Waals surface area contributed by atoms with Crippen LogP contribution in [0.4, 0.5) is 0 Å². The van der Waals surface area contributed by atoms with E-state index in [-0.39, 0.29) is 18.4 Å². The summed E-state index contributed by atoms with van der Waals surface area (Å²) >= 11 is 0. The van der Waals surface area contributed by atoms with E-state index in [1.807, 2.05) is 0 Å². The molecule has 1 aliphatic rings. The van der Waals surface area contributed by atoms with Gasteiger partial charge in [-0.05, 0) is 6.92 Å². The standard InChI is InChI=1S/C10H18N2O4/c1-8(10(14)15-2)11-7-9(13)12-3-5-16-6-4-12/h8,11H,3-7H2,1-2H3. The number of ether oxygens (including phenoxy) is 2. The molecule has 0 aromatic rings. The first-order valence-electron chi connectivity index (χ1n) is 5.32. The van der Waals surface area contributed by atoms with Gasteiger partial charge in [0.2, 0.25) is 5.91 Å². The molecule has 1 aliphatic heterocycles. The summed E-state index contributed by atoms with van der Waals surface area (Å²) in [4.78, 5) is 24.5. The number of nitrogens with one attached hydrogen (secondary N) is 1. The van der Waals surface area contributed by atoms with E-state index >= 15 is 0 Å². The maximum atomic E-state index is 11.7. The molecular formula is C10H18N2O4. The summed E-state index contributed by atoms with van der Waals surface area (Å²) in [6.45, 7) is 4.21. The van der Waals surface area contributed by atoms with Crippen LogP contribution in [0.3, 0.4) is 0 Å². The maximum absolute atomic E-state index is 11.7. The summed E-state index contributed by atoms with van der Waals surface area (Å²) in [5, 5.41) is 2.82.